The van der Waals surface area contributed by atoms with Crippen molar-refractivity contribution in [2.24, 2.45) is 0 Å². The van der Waals surface area contributed by atoms with Gasteiger partial charge in [0, 0.05) is 50.4 Å². The fraction of sp³-hybridized carbons (Fsp3) is 0.316. The van der Waals surface area contributed by atoms with Crippen molar-refractivity contribution in [2.45, 2.75) is 6.54 Å². The monoisotopic (exact) mass is 407 g/mol. The first-order valence-electron chi connectivity index (χ1n) is 8.74. The van der Waals surface area contributed by atoms with E-state index in [1.54, 1.807) is 23.1 Å². The average Bonchev–Trinajstić information content (AvgIpc) is 2.69. The molecule has 3 rings (SSSR count). The van der Waals surface area contributed by atoms with Crippen LogP contribution in [0.15, 0.2) is 42.5 Å². The number of piperazine rings is 1. The van der Waals surface area contributed by atoms with E-state index in [2.05, 4.69) is 4.90 Å². The number of carbonyl (C=O) groups is 1. The highest BCUT2D eigenvalue weighted by Gasteiger charge is 2.22. The molecule has 28 heavy (non-hydrogen) atoms. The van der Waals surface area contributed by atoms with Gasteiger partial charge in [0.25, 0.3) is 11.6 Å². The van der Waals surface area contributed by atoms with Crippen LogP contribution in [0.3, 0.4) is 0 Å². The zero-order valence-corrected chi connectivity index (χ0v) is 15.8. The Kier molecular flexibility index (Phi) is 6.43. The SMILES string of the molecule is O=C(COc1ccc([N+](=O)[O-])cc1Cl)N1CCN(Cc2ccccc2F)CC1. The molecule has 1 heterocycles. The number of nitro benzene ring substituents is 1. The molecule has 2 aromatic carbocycles. The smallest absolute Gasteiger partial charge is 0.271 e. The maximum Gasteiger partial charge on any atom is 0.271 e. The Morgan fingerprint density at radius 3 is 2.54 bits per heavy atom. The van der Waals surface area contributed by atoms with Gasteiger partial charge in [-0.15, -0.1) is 0 Å². The number of benzene rings is 2. The summed E-state index contributed by atoms with van der Waals surface area (Å²) in [6.07, 6.45) is 0. The summed E-state index contributed by atoms with van der Waals surface area (Å²) in [7, 11) is 0. The molecule has 2 aromatic rings. The van der Waals surface area contributed by atoms with Crippen LogP contribution >= 0.6 is 11.6 Å². The van der Waals surface area contributed by atoms with Crippen LogP contribution in [0, 0.1) is 15.9 Å². The molecule has 0 atom stereocenters. The highest BCUT2D eigenvalue weighted by Crippen LogP contribution is 2.28. The molecule has 0 aromatic heterocycles. The molecule has 0 radical (unpaired) electrons. The number of halogens is 2. The van der Waals surface area contributed by atoms with Crippen molar-refractivity contribution in [1.29, 1.82) is 0 Å². The number of non-ortho nitro benzene ring substituents is 1. The average molecular weight is 408 g/mol. The van der Waals surface area contributed by atoms with E-state index in [0.717, 1.165) is 0 Å². The van der Waals surface area contributed by atoms with Gasteiger partial charge in [0.1, 0.15) is 11.6 Å². The molecule has 1 fully saturated rings. The Morgan fingerprint density at radius 2 is 1.89 bits per heavy atom. The van der Waals surface area contributed by atoms with E-state index in [-0.39, 0.29) is 34.8 Å². The molecule has 9 heteroatoms. The van der Waals surface area contributed by atoms with Crippen molar-refractivity contribution in [3.63, 3.8) is 0 Å². The van der Waals surface area contributed by atoms with Gasteiger partial charge in [-0.3, -0.25) is 19.8 Å². The van der Waals surface area contributed by atoms with Gasteiger partial charge in [-0.05, 0) is 12.1 Å². The second kappa shape index (κ2) is 8.99. The van der Waals surface area contributed by atoms with Crippen molar-refractivity contribution in [2.75, 3.05) is 32.8 Å². The Balaban J connectivity index is 1.48. The Hall–Kier alpha value is -2.71. The lowest BCUT2D eigenvalue weighted by Crippen LogP contribution is -2.49. The molecular formula is C19H19ClFN3O4. The summed E-state index contributed by atoms with van der Waals surface area (Å²) in [5.74, 6) is -0.201. The Bertz CT molecular complexity index is 872. The summed E-state index contributed by atoms with van der Waals surface area (Å²) in [6.45, 7) is 2.61. The lowest BCUT2D eigenvalue weighted by atomic mass is 10.2. The highest BCUT2D eigenvalue weighted by atomic mass is 35.5. The molecule has 0 bridgehead atoms. The summed E-state index contributed by atoms with van der Waals surface area (Å²) in [5.41, 5.74) is 0.494. The van der Waals surface area contributed by atoms with Gasteiger partial charge < -0.3 is 9.64 Å². The molecule has 7 nitrogen and oxygen atoms in total. The molecule has 148 valence electrons. The summed E-state index contributed by atoms with van der Waals surface area (Å²) in [4.78, 5) is 26.3. The van der Waals surface area contributed by atoms with Crippen LogP contribution in [0.5, 0.6) is 5.75 Å². The van der Waals surface area contributed by atoms with Crippen LogP contribution < -0.4 is 4.74 Å². The maximum absolute atomic E-state index is 13.8. The lowest BCUT2D eigenvalue weighted by Gasteiger charge is -2.34. The fourth-order valence-electron chi connectivity index (χ4n) is 2.97. The van der Waals surface area contributed by atoms with Gasteiger partial charge >= 0.3 is 0 Å². The van der Waals surface area contributed by atoms with E-state index in [9.17, 15) is 19.3 Å². The zero-order valence-electron chi connectivity index (χ0n) is 15.0. The number of nitro groups is 1. The van der Waals surface area contributed by atoms with E-state index in [0.29, 0.717) is 38.3 Å². The number of hydrogen-bond donors (Lipinski definition) is 0. The van der Waals surface area contributed by atoms with E-state index < -0.39 is 4.92 Å². The van der Waals surface area contributed by atoms with Crippen molar-refractivity contribution in [3.8, 4) is 5.75 Å². The first kappa shape index (κ1) is 20.0. The second-order valence-electron chi connectivity index (χ2n) is 6.41. The second-order valence-corrected chi connectivity index (χ2v) is 6.82. The minimum Gasteiger partial charge on any atom is -0.482 e. The molecule has 0 spiro atoms. The third-order valence-corrected chi connectivity index (χ3v) is 4.85. The first-order chi connectivity index (χ1) is 13.4. The molecule has 1 amide bonds. The van der Waals surface area contributed by atoms with Crippen molar-refractivity contribution in [3.05, 3.63) is 69.0 Å². The number of rotatable bonds is 6. The first-order valence-corrected chi connectivity index (χ1v) is 9.12. The lowest BCUT2D eigenvalue weighted by molar-refractivity contribution is -0.384. The van der Waals surface area contributed by atoms with Gasteiger partial charge in [0.15, 0.2) is 6.61 Å². The van der Waals surface area contributed by atoms with Gasteiger partial charge in [-0.25, -0.2) is 4.39 Å². The fourth-order valence-corrected chi connectivity index (χ4v) is 3.20. The van der Waals surface area contributed by atoms with E-state index in [1.165, 1.54) is 24.3 Å². The third-order valence-electron chi connectivity index (χ3n) is 4.55. The molecular weight excluding hydrogens is 389 g/mol. The number of amides is 1. The number of nitrogens with zero attached hydrogens (tertiary/aromatic N) is 3. The third kappa shape index (κ3) is 4.96. The summed E-state index contributed by atoms with van der Waals surface area (Å²) in [5, 5.41) is 10.8. The van der Waals surface area contributed by atoms with Crippen LogP contribution in [0.25, 0.3) is 0 Å². The van der Waals surface area contributed by atoms with Gasteiger partial charge in [0.05, 0.1) is 9.95 Å². The number of ether oxygens (including phenoxy) is 1. The predicted octanol–water partition coefficient (Wildman–Crippen LogP) is 3.11. The van der Waals surface area contributed by atoms with E-state index in [1.807, 2.05) is 0 Å². The largest absolute Gasteiger partial charge is 0.482 e. The van der Waals surface area contributed by atoms with Gasteiger partial charge in [-0.2, -0.15) is 0 Å². The summed E-state index contributed by atoms with van der Waals surface area (Å²) in [6, 6.07) is 10.5. The van der Waals surface area contributed by atoms with Gasteiger partial charge in [-0.1, -0.05) is 29.8 Å². The van der Waals surface area contributed by atoms with E-state index in [4.69, 9.17) is 16.3 Å². The molecule has 1 saturated heterocycles. The minimum atomic E-state index is -0.554. The minimum absolute atomic E-state index is 0.0803. The molecule has 0 unspecified atom stereocenters. The molecule has 1 aliphatic heterocycles. The molecule has 0 N–H and O–H groups in total. The number of hydrogen-bond acceptors (Lipinski definition) is 5. The summed E-state index contributed by atoms with van der Waals surface area (Å²) < 4.78 is 19.2. The van der Waals surface area contributed by atoms with E-state index >= 15 is 0 Å². The van der Waals surface area contributed by atoms with Crippen LogP contribution in [0.1, 0.15) is 5.56 Å². The number of carbonyl (C=O) groups excluding carboxylic acids is 1. The van der Waals surface area contributed by atoms with Crippen molar-refractivity contribution >= 4 is 23.2 Å². The normalized spacial score (nSPS) is 14.7. The molecule has 0 saturated carbocycles. The predicted molar refractivity (Wildman–Crippen MR) is 102 cm³/mol. The zero-order chi connectivity index (χ0) is 20.1. The Morgan fingerprint density at radius 1 is 1.18 bits per heavy atom. The molecule has 1 aliphatic rings. The summed E-state index contributed by atoms with van der Waals surface area (Å²) >= 11 is 5.96. The maximum atomic E-state index is 13.8. The van der Waals surface area contributed by atoms with Crippen molar-refractivity contribution < 1.29 is 18.8 Å². The van der Waals surface area contributed by atoms with Crippen LogP contribution in [0.4, 0.5) is 10.1 Å². The van der Waals surface area contributed by atoms with Gasteiger partial charge in [0.2, 0.25) is 0 Å². The quantitative estimate of drug-likeness (QED) is 0.543. The Labute approximate surface area is 166 Å². The molecule has 0 aliphatic carbocycles. The standard InChI is InChI=1S/C19H19ClFN3O4/c20-16-11-15(24(26)27)5-6-18(16)28-13-19(25)23-9-7-22(8-10-23)12-14-3-1-2-4-17(14)21/h1-6,11H,7-10,12-13H2. The highest BCUT2D eigenvalue weighted by molar-refractivity contribution is 6.32. The van der Waals surface area contributed by atoms with Crippen LogP contribution in [-0.2, 0) is 11.3 Å². The van der Waals surface area contributed by atoms with Crippen molar-refractivity contribution in [1.82, 2.24) is 9.80 Å². The van der Waals surface area contributed by atoms with Crippen LogP contribution in [-0.4, -0.2) is 53.4 Å². The topological polar surface area (TPSA) is 75.9 Å². The van der Waals surface area contributed by atoms with Crippen LogP contribution in [0.2, 0.25) is 5.02 Å².